The first-order chi connectivity index (χ1) is 13.2. The van der Waals surface area contributed by atoms with Gasteiger partial charge < -0.3 is 10.0 Å². The number of aryl methyl sites for hydroxylation is 2. The molecule has 148 valence electrons. The second kappa shape index (κ2) is 7.53. The summed E-state index contributed by atoms with van der Waals surface area (Å²) in [6, 6.07) is 5.96. The Bertz CT molecular complexity index is 940. The number of rotatable bonds is 6. The molecule has 3 rings (SSSR count). The first-order valence-electron chi connectivity index (χ1n) is 9.06. The zero-order valence-corrected chi connectivity index (χ0v) is 16.3. The topological polar surface area (TPSA) is 77.9 Å². The van der Waals surface area contributed by atoms with Gasteiger partial charge in [0.1, 0.15) is 11.6 Å². The van der Waals surface area contributed by atoms with E-state index >= 15 is 0 Å². The lowest BCUT2D eigenvalue weighted by Crippen LogP contribution is -2.20. The number of H-pyrrole nitrogens is 1. The predicted molar refractivity (Wildman–Crippen MR) is 104 cm³/mol. The first-order valence-corrected chi connectivity index (χ1v) is 9.06. The molecule has 0 aliphatic rings. The van der Waals surface area contributed by atoms with Crippen LogP contribution in [0.3, 0.4) is 0 Å². The van der Waals surface area contributed by atoms with Gasteiger partial charge in [0.15, 0.2) is 5.82 Å². The van der Waals surface area contributed by atoms with E-state index in [1.54, 1.807) is 25.3 Å². The van der Waals surface area contributed by atoms with Crippen LogP contribution in [0.25, 0.3) is 11.3 Å². The van der Waals surface area contributed by atoms with E-state index < -0.39 is 5.92 Å². The number of halogens is 2. The van der Waals surface area contributed by atoms with Crippen molar-refractivity contribution >= 4 is 11.6 Å². The van der Waals surface area contributed by atoms with Crippen molar-refractivity contribution in [3.8, 4) is 17.0 Å². The van der Waals surface area contributed by atoms with Gasteiger partial charge in [0.2, 0.25) is 0 Å². The number of phenolic OH excluding ortho intramolecular Hbond substituents is 1. The lowest BCUT2D eigenvalue weighted by molar-refractivity contribution is 0.0172. The van der Waals surface area contributed by atoms with E-state index in [4.69, 9.17) is 0 Å². The number of aromatic amines is 1. The fourth-order valence-electron chi connectivity index (χ4n) is 3.14. The molecule has 2 N–H and O–H groups in total. The Morgan fingerprint density at radius 1 is 1.14 bits per heavy atom. The van der Waals surface area contributed by atoms with Crippen LogP contribution in [0.2, 0.25) is 0 Å². The van der Waals surface area contributed by atoms with Crippen LogP contribution in [-0.2, 0) is 5.92 Å². The summed E-state index contributed by atoms with van der Waals surface area (Å²) in [5.41, 5.74) is 2.08. The largest absolute Gasteiger partial charge is 0.507 e. The van der Waals surface area contributed by atoms with Crippen LogP contribution < -0.4 is 4.90 Å². The van der Waals surface area contributed by atoms with Crippen LogP contribution in [0.15, 0.2) is 30.5 Å². The normalized spacial score (nSPS) is 11.6. The van der Waals surface area contributed by atoms with Gasteiger partial charge in [-0.15, -0.1) is 10.2 Å². The third-order valence-corrected chi connectivity index (χ3v) is 4.52. The number of aromatic hydroxyl groups is 1. The molecule has 0 spiro atoms. The highest BCUT2D eigenvalue weighted by Gasteiger charge is 2.27. The van der Waals surface area contributed by atoms with Gasteiger partial charge in [-0.2, -0.15) is 5.10 Å². The fraction of sp³-hybridized carbons (Fsp3) is 0.350. The lowest BCUT2D eigenvalue weighted by atomic mass is 9.98. The maximum Gasteiger partial charge on any atom is 0.270 e. The minimum Gasteiger partial charge on any atom is -0.507 e. The zero-order chi connectivity index (χ0) is 20.5. The highest BCUT2D eigenvalue weighted by atomic mass is 19.3. The first kappa shape index (κ1) is 19.7. The molecule has 0 unspecified atom stereocenters. The van der Waals surface area contributed by atoms with Crippen LogP contribution >= 0.6 is 0 Å². The molecular formula is C20H23F2N5O. The zero-order valence-electron chi connectivity index (χ0n) is 16.3. The molecule has 1 aromatic carbocycles. The molecule has 3 aromatic rings. The number of hydrogen-bond acceptors (Lipinski definition) is 5. The second-order valence-corrected chi connectivity index (χ2v) is 6.91. The van der Waals surface area contributed by atoms with Gasteiger partial charge in [0, 0.05) is 30.2 Å². The van der Waals surface area contributed by atoms with Crippen molar-refractivity contribution < 1.29 is 13.9 Å². The molecule has 0 fully saturated rings. The number of aromatic nitrogens is 4. The van der Waals surface area contributed by atoms with Crippen molar-refractivity contribution in [2.75, 3.05) is 11.4 Å². The summed E-state index contributed by atoms with van der Waals surface area (Å²) in [5.74, 6) is -1.79. The molecule has 28 heavy (non-hydrogen) atoms. The van der Waals surface area contributed by atoms with Crippen LogP contribution in [0.1, 0.15) is 37.0 Å². The van der Waals surface area contributed by atoms with Gasteiger partial charge in [-0.1, -0.05) is 6.92 Å². The van der Waals surface area contributed by atoms with Crippen molar-refractivity contribution in [1.29, 1.82) is 0 Å². The summed E-state index contributed by atoms with van der Waals surface area (Å²) < 4.78 is 27.2. The van der Waals surface area contributed by atoms with E-state index in [2.05, 4.69) is 27.3 Å². The van der Waals surface area contributed by atoms with Crippen molar-refractivity contribution in [3.63, 3.8) is 0 Å². The molecule has 0 amide bonds. The van der Waals surface area contributed by atoms with E-state index in [0.717, 1.165) is 37.3 Å². The number of alkyl halides is 2. The summed E-state index contributed by atoms with van der Waals surface area (Å²) in [7, 11) is 0. The standard InChI is InChI=1S/C20H23F2N5O/c1-5-8-27(19-13(3)11-23-26-19)17-7-6-15(24-25-17)18-12(2)9-14(10-16(18)28)20(4,21)22/h6-7,9-11,28H,5,8H2,1-4H3,(H,23,26). The Balaban J connectivity index is 1.98. The third-order valence-electron chi connectivity index (χ3n) is 4.52. The van der Waals surface area contributed by atoms with Crippen molar-refractivity contribution in [3.05, 3.63) is 47.2 Å². The van der Waals surface area contributed by atoms with E-state index in [1.165, 1.54) is 6.07 Å². The third kappa shape index (κ3) is 3.81. The molecule has 0 atom stereocenters. The minimum absolute atomic E-state index is 0.236. The Morgan fingerprint density at radius 3 is 2.39 bits per heavy atom. The summed E-state index contributed by atoms with van der Waals surface area (Å²) in [6.07, 6.45) is 2.64. The molecule has 0 saturated heterocycles. The van der Waals surface area contributed by atoms with Crippen molar-refractivity contribution in [2.45, 2.75) is 40.0 Å². The van der Waals surface area contributed by atoms with Crippen molar-refractivity contribution in [1.82, 2.24) is 20.4 Å². The van der Waals surface area contributed by atoms with Crippen LogP contribution in [0.5, 0.6) is 5.75 Å². The van der Waals surface area contributed by atoms with Gasteiger partial charge in [-0.05, 0) is 50.1 Å². The van der Waals surface area contributed by atoms with Crippen LogP contribution in [0.4, 0.5) is 20.4 Å². The molecule has 0 saturated carbocycles. The smallest absolute Gasteiger partial charge is 0.270 e. The molecule has 0 aliphatic heterocycles. The van der Waals surface area contributed by atoms with E-state index in [0.29, 0.717) is 22.6 Å². The number of anilines is 2. The molecule has 0 radical (unpaired) electrons. The number of nitrogens with zero attached hydrogens (tertiary/aromatic N) is 4. The summed E-state index contributed by atoms with van der Waals surface area (Å²) in [5, 5.41) is 25.9. The Labute approximate surface area is 162 Å². The second-order valence-electron chi connectivity index (χ2n) is 6.91. The van der Waals surface area contributed by atoms with Crippen molar-refractivity contribution in [2.24, 2.45) is 0 Å². The molecule has 6 nitrogen and oxygen atoms in total. The summed E-state index contributed by atoms with van der Waals surface area (Å²) >= 11 is 0. The molecule has 2 heterocycles. The van der Waals surface area contributed by atoms with Gasteiger partial charge >= 0.3 is 0 Å². The maximum absolute atomic E-state index is 13.6. The van der Waals surface area contributed by atoms with Crippen LogP contribution in [-0.4, -0.2) is 32.0 Å². The van der Waals surface area contributed by atoms with Crippen LogP contribution in [0, 0.1) is 13.8 Å². The number of phenols is 1. The lowest BCUT2D eigenvalue weighted by Gasteiger charge is -2.22. The van der Waals surface area contributed by atoms with E-state index in [1.807, 2.05) is 11.8 Å². The molecule has 2 aromatic heterocycles. The fourth-order valence-corrected chi connectivity index (χ4v) is 3.14. The summed E-state index contributed by atoms with van der Waals surface area (Å²) in [4.78, 5) is 1.98. The van der Waals surface area contributed by atoms with E-state index in [-0.39, 0.29) is 11.3 Å². The van der Waals surface area contributed by atoms with Gasteiger partial charge in [0.25, 0.3) is 5.92 Å². The molecule has 0 aliphatic carbocycles. The Morgan fingerprint density at radius 2 is 1.89 bits per heavy atom. The van der Waals surface area contributed by atoms with E-state index in [9.17, 15) is 13.9 Å². The Kier molecular flexibility index (Phi) is 5.31. The highest BCUT2D eigenvalue weighted by Crippen LogP contribution is 2.37. The van der Waals surface area contributed by atoms with Gasteiger partial charge in [0.05, 0.1) is 11.9 Å². The molecular weight excluding hydrogens is 364 g/mol. The van der Waals surface area contributed by atoms with Gasteiger partial charge in [-0.3, -0.25) is 5.10 Å². The number of nitrogens with one attached hydrogen (secondary N) is 1. The average Bonchev–Trinajstić information content (AvgIpc) is 3.05. The quantitative estimate of drug-likeness (QED) is 0.632. The highest BCUT2D eigenvalue weighted by molar-refractivity contribution is 5.72. The minimum atomic E-state index is -3.03. The monoisotopic (exact) mass is 387 g/mol. The number of benzene rings is 1. The SMILES string of the molecule is CCCN(c1ccc(-c2c(C)cc(C(C)(F)F)cc2O)nn1)c1[nH]ncc1C. The molecule has 8 heteroatoms. The predicted octanol–water partition coefficient (Wildman–Crippen LogP) is 4.85. The average molecular weight is 387 g/mol. The summed E-state index contributed by atoms with van der Waals surface area (Å²) in [6.45, 7) is 7.21. The number of hydrogen-bond donors (Lipinski definition) is 2. The maximum atomic E-state index is 13.6. The van der Waals surface area contributed by atoms with Gasteiger partial charge in [-0.25, -0.2) is 8.78 Å². The molecule has 0 bridgehead atoms. The Hall–Kier alpha value is -3.03.